The quantitative estimate of drug-likeness (QED) is 0.204. The van der Waals surface area contributed by atoms with Gasteiger partial charge in [-0.25, -0.2) is 16.8 Å². The van der Waals surface area contributed by atoms with E-state index in [1.54, 1.807) is 36.4 Å². The van der Waals surface area contributed by atoms with E-state index < -0.39 is 53.8 Å². The fourth-order valence-electron chi connectivity index (χ4n) is 7.76. The number of sulfone groups is 2. The van der Waals surface area contributed by atoms with Gasteiger partial charge in [0.2, 0.25) is 0 Å². The predicted molar refractivity (Wildman–Crippen MR) is 183 cm³/mol. The standard InChI is InChI=1S/C39H42O5S2/c1-5-28-12-16-30(17-13-28)34-23-37(40)35-24-38(45(41,42)31-18-8-26(3)9-19-31)33(29-14-6-25(2)7-15-29)22-36(35)39(34)46(43,44)32-20-10-27(4)11-21-32/h6-21,33-36,38-39H,5,22-24H2,1-4H3/t33-,34-,35+,36-,38?,39?/m0/s1. The maximum absolute atomic E-state index is 14.8. The van der Waals surface area contributed by atoms with Crippen molar-refractivity contribution in [2.24, 2.45) is 11.8 Å². The van der Waals surface area contributed by atoms with Crippen LogP contribution in [-0.2, 0) is 30.9 Å². The van der Waals surface area contributed by atoms with Crippen molar-refractivity contribution >= 4 is 25.5 Å². The first-order valence-corrected chi connectivity index (χ1v) is 19.3. The van der Waals surface area contributed by atoms with E-state index in [-0.39, 0.29) is 34.8 Å². The molecule has 46 heavy (non-hydrogen) atoms. The topological polar surface area (TPSA) is 85.3 Å². The number of carbonyl (C=O) groups is 1. The van der Waals surface area contributed by atoms with Gasteiger partial charge >= 0.3 is 0 Å². The molecule has 0 aromatic heterocycles. The molecule has 6 rings (SSSR count). The van der Waals surface area contributed by atoms with Crippen molar-refractivity contribution in [1.29, 1.82) is 0 Å². The van der Waals surface area contributed by atoms with Gasteiger partial charge in [-0.2, -0.15) is 0 Å². The third kappa shape index (κ3) is 6.00. The summed E-state index contributed by atoms with van der Waals surface area (Å²) < 4.78 is 58.3. The predicted octanol–water partition coefficient (Wildman–Crippen LogP) is 7.73. The molecule has 0 radical (unpaired) electrons. The average Bonchev–Trinajstić information content (AvgIpc) is 3.05. The smallest absolute Gasteiger partial charge is 0.182 e. The summed E-state index contributed by atoms with van der Waals surface area (Å²) in [5.41, 5.74) is 5.82. The Morgan fingerprint density at radius 3 is 1.54 bits per heavy atom. The van der Waals surface area contributed by atoms with Gasteiger partial charge in [-0.05, 0) is 86.9 Å². The van der Waals surface area contributed by atoms with Gasteiger partial charge in [-0.3, -0.25) is 4.79 Å². The zero-order valence-electron chi connectivity index (χ0n) is 26.9. The van der Waals surface area contributed by atoms with Crippen LogP contribution in [0.1, 0.15) is 71.4 Å². The summed E-state index contributed by atoms with van der Waals surface area (Å²) in [7, 11) is -7.75. The van der Waals surface area contributed by atoms with E-state index in [4.69, 9.17) is 0 Å². The molecule has 0 saturated heterocycles. The minimum absolute atomic E-state index is 0.0450. The summed E-state index contributed by atoms with van der Waals surface area (Å²) in [5, 5.41) is -1.73. The van der Waals surface area contributed by atoms with Crippen LogP contribution in [0.3, 0.4) is 0 Å². The van der Waals surface area contributed by atoms with Gasteiger partial charge in [-0.15, -0.1) is 0 Å². The highest BCUT2D eigenvalue weighted by molar-refractivity contribution is 7.92. The van der Waals surface area contributed by atoms with Crippen LogP contribution < -0.4 is 0 Å². The van der Waals surface area contributed by atoms with Crippen molar-refractivity contribution in [3.05, 3.63) is 130 Å². The van der Waals surface area contributed by atoms with E-state index in [0.29, 0.717) is 0 Å². The Morgan fingerprint density at radius 1 is 0.565 bits per heavy atom. The van der Waals surface area contributed by atoms with E-state index in [1.165, 1.54) is 0 Å². The fraction of sp³-hybridized carbons (Fsp3) is 0.359. The number of carbonyl (C=O) groups excluding carboxylic acids is 1. The molecular formula is C39H42O5S2. The van der Waals surface area contributed by atoms with Gasteiger partial charge < -0.3 is 0 Å². The second kappa shape index (κ2) is 12.6. The van der Waals surface area contributed by atoms with Gasteiger partial charge in [0.05, 0.1) is 20.3 Å². The Balaban J connectivity index is 1.50. The lowest BCUT2D eigenvalue weighted by Crippen LogP contribution is -2.53. The van der Waals surface area contributed by atoms with Crippen molar-refractivity contribution in [2.45, 2.75) is 85.5 Å². The van der Waals surface area contributed by atoms with Crippen LogP contribution in [-0.4, -0.2) is 33.1 Å². The minimum Gasteiger partial charge on any atom is -0.299 e. The molecule has 2 unspecified atom stereocenters. The summed E-state index contributed by atoms with van der Waals surface area (Å²) in [6.07, 6.45) is 1.30. The highest BCUT2D eigenvalue weighted by atomic mass is 32.2. The van der Waals surface area contributed by atoms with Gasteiger partial charge in [0.1, 0.15) is 5.78 Å². The van der Waals surface area contributed by atoms with Crippen LogP contribution in [0.2, 0.25) is 0 Å². The first-order chi connectivity index (χ1) is 21.9. The second-order valence-electron chi connectivity index (χ2n) is 13.4. The molecule has 0 heterocycles. The van der Waals surface area contributed by atoms with E-state index in [0.717, 1.165) is 39.8 Å². The number of ketones is 1. The third-order valence-electron chi connectivity index (χ3n) is 10.4. The molecule has 5 nitrogen and oxygen atoms in total. The van der Waals surface area contributed by atoms with Gasteiger partial charge in [0.25, 0.3) is 0 Å². The lowest BCUT2D eigenvalue weighted by molar-refractivity contribution is -0.128. The molecule has 6 atom stereocenters. The van der Waals surface area contributed by atoms with Gasteiger partial charge in [-0.1, -0.05) is 96.4 Å². The normalized spacial score (nSPS) is 25.2. The molecule has 0 spiro atoms. The average molecular weight is 655 g/mol. The van der Waals surface area contributed by atoms with E-state index in [9.17, 15) is 21.6 Å². The summed E-state index contributed by atoms with van der Waals surface area (Å²) >= 11 is 0. The largest absolute Gasteiger partial charge is 0.299 e. The van der Waals surface area contributed by atoms with E-state index in [1.807, 2.05) is 81.4 Å². The number of aryl methyl sites for hydroxylation is 4. The first kappa shape index (κ1) is 32.4. The lowest BCUT2D eigenvalue weighted by Gasteiger charge is -2.48. The molecule has 2 fully saturated rings. The highest BCUT2D eigenvalue weighted by Gasteiger charge is 2.56. The molecule has 4 aromatic carbocycles. The van der Waals surface area contributed by atoms with Crippen LogP contribution in [0.4, 0.5) is 0 Å². The number of hydrogen-bond donors (Lipinski definition) is 0. The molecule has 7 heteroatoms. The highest BCUT2D eigenvalue weighted by Crippen LogP contribution is 2.54. The van der Waals surface area contributed by atoms with Crippen molar-refractivity contribution in [3.63, 3.8) is 0 Å². The minimum atomic E-state index is -3.91. The number of rotatable bonds is 7. The first-order valence-electron chi connectivity index (χ1n) is 16.2. The molecule has 2 saturated carbocycles. The Hall–Kier alpha value is -3.55. The summed E-state index contributed by atoms with van der Waals surface area (Å²) in [5.74, 6) is -2.27. The van der Waals surface area contributed by atoms with Crippen LogP contribution in [0, 0.1) is 32.6 Å². The molecule has 0 bridgehead atoms. The number of hydrogen-bond acceptors (Lipinski definition) is 5. The molecular weight excluding hydrogens is 613 g/mol. The van der Waals surface area contributed by atoms with Crippen molar-refractivity contribution < 1.29 is 21.6 Å². The van der Waals surface area contributed by atoms with Crippen LogP contribution in [0.25, 0.3) is 0 Å². The molecule has 0 amide bonds. The van der Waals surface area contributed by atoms with Gasteiger partial charge in [0, 0.05) is 24.2 Å². The number of benzene rings is 4. The second-order valence-corrected chi connectivity index (χ2v) is 17.6. The maximum atomic E-state index is 14.8. The summed E-state index contributed by atoms with van der Waals surface area (Å²) in [6.45, 7) is 7.90. The summed E-state index contributed by atoms with van der Waals surface area (Å²) in [6, 6.07) is 29.7. The van der Waals surface area contributed by atoms with Gasteiger partial charge in [0.15, 0.2) is 19.7 Å². The van der Waals surface area contributed by atoms with E-state index >= 15 is 0 Å². The van der Waals surface area contributed by atoms with Crippen molar-refractivity contribution in [2.75, 3.05) is 0 Å². The number of Topliss-reactive ketones (excluding diaryl/α,β-unsaturated/α-hetero) is 1. The maximum Gasteiger partial charge on any atom is 0.182 e. The van der Waals surface area contributed by atoms with Crippen molar-refractivity contribution in [3.8, 4) is 0 Å². The van der Waals surface area contributed by atoms with Crippen LogP contribution in [0.5, 0.6) is 0 Å². The molecule has 2 aliphatic rings. The number of fused-ring (bicyclic) bond motifs is 1. The lowest BCUT2D eigenvalue weighted by atomic mass is 9.61. The zero-order chi connectivity index (χ0) is 32.8. The fourth-order valence-corrected chi connectivity index (χ4v) is 12.1. The zero-order valence-corrected chi connectivity index (χ0v) is 28.5. The Bertz CT molecular complexity index is 1930. The van der Waals surface area contributed by atoms with Crippen molar-refractivity contribution in [1.82, 2.24) is 0 Å². The Labute approximate surface area is 273 Å². The molecule has 2 aliphatic carbocycles. The SMILES string of the molecule is CCc1ccc([C@@H]2CC(=O)[C@@H]3CC(S(=O)(=O)c4ccc(C)cc4)[C@H](c4ccc(C)cc4)C[C@@H]3C2S(=O)(=O)c2ccc(C)cc2)cc1. The Morgan fingerprint density at radius 2 is 1.02 bits per heavy atom. The molecule has 240 valence electrons. The van der Waals surface area contributed by atoms with E-state index in [2.05, 4.69) is 6.92 Å². The molecule has 0 N–H and O–H groups in total. The Kier molecular flexibility index (Phi) is 8.85. The molecule has 0 aliphatic heterocycles. The molecule has 4 aromatic rings. The van der Waals surface area contributed by atoms with Crippen LogP contribution in [0.15, 0.2) is 107 Å². The van der Waals surface area contributed by atoms with Crippen LogP contribution >= 0.6 is 0 Å². The monoisotopic (exact) mass is 654 g/mol. The summed E-state index contributed by atoms with van der Waals surface area (Å²) in [4.78, 5) is 14.6. The third-order valence-corrected chi connectivity index (χ3v) is 15.0.